The number of carbonyl (C=O) groups is 1. The minimum Gasteiger partial charge on any atom is -0.483 e. The Kier molecular flexibility index (Phi) is 6.96. The van der Waals surface area contributed by atoms with Crippen LogP contribution in [-0.4, -0.2) is 53.6 Å². The molecule has 1 aliphatic heterocycles. The fraction of sp³-hybridized carbons (Fsp3) is 0.350. The van der Waals surface area contributed by atoms with Gasteiger partial charge in [0.1, 0.15) is 5.75 Å². The molecule has 0 radical (unpaired) electrons. The lowest BCUT2D eigenvalue weighted by Crippen LogP contribution is -2.49. The fourth-order valence-corrected chi connectivity index (χ4v) is 3.37. The Hall–Kier alpha value is -1.79. The van der Waals surface area contributed by atoms with Crippen LogP contribution in [0.5, 0.6) is 5.75 Å². The summed E-state index contributed by atoms with van der Waals surface area (Å²) in [6.45, 7) is 3.58. The summed E-state index contributed by atoms with van der Waals surface area (Å²) in [5.41, 5.74) is 1.78. The molecule has 1 N–H and O–H groups in total. The molecule has 0 atom stereocenters. The van der Waals surface area contributed by atoms with Gasteiger partial charge >= 0.3 is 0 Å². The van der Waals surface area contributed by atoms with E-state index in [4.69, 9.17) is 27.9 Å². The molecule has 0 saturated carbocycles. The summed E-state index contributed by atoms with van der Waals surface area (Å²) in [6.07, 6.45) is 0. The second-order valence-corrected chi connectivity index (χ2v) is 7.36. The lowest BCUT2D eigenvalue weighted by Gasteiger charge is -2.34. The van der Waals surface area contributed by atoms with Gasteiger partial charge in [-0.25, -0.2) is 0 Å². The predicted octanol–water partition coefficient (Wildman–Crippen LogP) is 3.21. The van der Waals surface area contributed by atoms with E-state index in [1.54, 1.807) is 18.2 Å². The highest BCUT2D eigenvalue weighted by Gasteiger charge is 2.21. The number of hydrogen-bond donors (Lipinski definition) is 1. The van der Waals surface area contributed by atoms with Crippen molar-refractivity contribution < 1.29 is 14.6 Å². The van der Waals surface area contributed by atoms with Crippen LogP contribution in [0.1, 0.15) is 11.1 Å². The summed E-state index contributed by atoms with van der Waals surface area (Å²) in [4.78, 5) is 16.5. The topological polar surface area (TPSA) is 53.0 Å². The third kappa shape index (κ3) is 5.59. The van der Waals surface area contributed by atoms with Crippen LogP contribution in [0.2, 0.25) is 10.0 Å². The maximum Gasteiger partial charge on any atom is 0.260 e. The molecule has 1 heterocycles. The van der Waals surface area contributed by atoms with Crippen LogP contribution < -0.4 is 4.74 Å². The Balaban J connectivity index is 1.46. The molecule has 27 heavy (non-hydrogen) atoms. The van der Waals surface area contributed by atoms with Crippen molar-refractivity contribution >= 4 is 29.1 Å². The molecule has 0 aliphatic carbocycles. The molecular formula is C20H22Cl2N2O3. The summed E-state index contributed by atoms with van der Waals surface area (Å²) in [7, 11) is 0. The summed E-state index contributed by atoms with van der Waals surface area (Å²) in [5.74, 6) is 0.427. The first-order valence-electron chi connectivity index (χ1n) is 8.82. The van der Waals surface area contributed by atoms with Gasteiger partial charge in [-0.05, 0) is 35.9 Å². The van der Waals surface area contributed by atoms with Gasteiger partial charge < -0.3 is 14.7 Å². The summed E-state index contributed by atoms with van der Waals surface area (Å²) in [6, 6.07) is 12.8. The summed E-state index contributed by atoms with van der Waals surface area (Å²) < 4.78 is 5.60. The van der Waals surface area contributed by atoms with E-state index in [0.29, 0.717) is 29.4 Å². The molecule has 1 fully saturated rings. The maximum absolute atomic E-state index is 12.4. The molecule has 1 amide bonds. The number of aliphatic hydroxyl groups excluding tert-OH is 1. The van der Waals surface area contributed by atoms with Gasteiger partial charge in [0.15, 0.2) is 6.61 Å². The number of carbonyl (C=O) groups excluding carboxylic acids is 1. The van der Waals surface area contributed by atoms with Gasteiger partial charge in [0, 0.05) is 48.3 Å². The molecule has 0 unspecified atom stereocenters. The number of aliphatic hydroxyl groups is 1. The van der Waals surface area contributed by atoms with E-state index >= 15 is 0 Å². The van der Waals surface area contributed by atoms with Gasteiger partial charge in [-0.1, -0.05) is 35.3 Å². The van der Waals surface area contributed by atoms with Crippen molar-refractivity contribution in [2.75, 3.05) is 32.8 Å². The first-order valence-corrected chi connectivity index (χ1v) is 9.57. The molecule has 0 spiro atoms. The number of rotatable bonds is 6. The number of nitrogens with zero attached hydrogens (tertiary/aromatic N) is 2. The molecule has 1 saturated heterocycles. The standard InChI is InChI=1S/C20H22Cl2N2O3/c21-17-3-1-15(2-4-17)12-23-7-9-24(10-8-23)20(26)14-27-19-6-5-18(22)11-16(19)13-25/h1-6,11,25H,7-10,12-14H2. The highest BCUT2D eigenvalue weighted by atomic mass is 35.5. The third-order valence-corrected chi connectivity index (χ3v) is 5.08. The van der Waals surface area contributed by atoms with Gasteiger partial charge in [-0.15, -0.1) is 0 Å². The van der Waals surface area contributed by atoms with Gasteiger partial charge in [0.2, 0.25) is 0 Å². The van der Waals surface area contributed by atoms with Crippen molar-refractivity contribution in [1.29, 1.82) is 0 Å². The summed E-state index contributed by atoms with van der Waals surface area (Å²) >= 11 is 11.8. The number of amides is 1. The second-order valence-electron chi connectivity index (χ2n) is 6.48. The Bertz CT molecular complexity index is 775. The third-order valence-electron chi connectivity index (χ3n) is 4.59. The zero-order chi connectivity index (χ0) is 19.2. The molecule has 7 heteroatoms. The molecule has 0 aromatic heterocycles. The van der Waals surface area contributed by atoms with Crippen molar-refractivity contribution in [2.45, 2.75) is 13.2 Å². The number of piperazine rings is 1. The Morgan fingerprint density at radius 1 is 1.00 bits per heavy atom. The Morgan fingerprint density at radius 3 is 2.33 bits per heavy atom. The average Bonchev–Trinajstić information content (AvgIpc) is 2.69. The molecule has 3 rings (SSSR count). The molecule has 5 nitrogen and oxygen atoms in total. The highest BCUT2D eigenvalue weighted by molar-refractivity contribution is 6.30. The largest absolute Gasteiger partial charge is 0.483 e. The van der Waals surface area contributed by atoms with E-state index in [1.807, 2.05) is 29.2 Å². The van der Waals surface area contributed by atoms with Crippen molar-refractivity contribution in [1.82, 2.24) is 9.80 Å². The molecule has 144 valence electrons. The monoisotopic (exact) mass is 408 g/mol. The van der Waals surface area contributed by atoms with E-state index in [9.17, 15) is 9.90 Å². The van der Waals surface area contributed by atoms with Crippen LogP contribution in [0.3, 0.4) is 0 Å². The molecule has 2 aromatic rings. The lowest BCUT2D eigenvalue weighted by atomic mass is 10.2. The van der Waals surface area contributed by atoms with Gasteiger partial charge in [0.25, 0.3) is 5.91 Å². The van der Waals surface area contributed by atoms with Gasteiger partial charge in [-0.2, -0.15) is 0 Å². The lowest BCUT2D eigenvalue weighted by molar-refractivity contribution is -0.135. The van der Waals surface area contributed by atoms with Crippen LogP contribution in [0.15, 0.2) is 42.5 Å². The smallest absolute Gasteiger partial charge is 0.260 e. The van der Waals surface area contributed by atoms with E-state index in [1.165, 1.54) is 5.56 Å². The van der Waals surface area contributed by atoms with E-state index in [-0.39, 0.29) is 19.1 Å². The van der Waals surface area contributed by atoms with Crippen LogP contribution >= 0.6 is 23.2 Å². The van der Waals surface area contributed by atoms with Crippen LogP contribution in [0.4, 0.5) is 0 Å². The number of halogens is 2. The van der Waals surface area contributed by atoms with Crippen molar-refractivity contribution in [3.05, 3.63) is 63.6 Å². The highest BCUT2D eigenvalue weighted by Crippen LogP contribution is 2.23. The van der Waals surface area contributed by atoms with Crippen LogP contribution in [0, 0.1) is 0 Å². The number of hydrogen-bond acceptors (Lipinski definition) is 4. The van der Waals surface area contributed by atoms with Crippen LogP contribution in [-0.2, 0) is 17.9 Å². The SMILES string of the molecule is O=C(COc1ccc(Cl)cc1CO)N1CCN(Cc2ccc(Cl)cc2)CC1. The quantitative estimate of drug-likeness (QED) is 0.796. The Labute approximate surface area is 169 Å². The van der Waals surface area contributed by atoms with Crippen molar-refractivity contribution in [2.24, 2.45) is 0 Å². The van der Waals surface area contributed by atoms with Crippen molar-refractivity contribution in [3.8, 4) is 5.75 Å². The second kappa shape index (κ2) is 9.42. The fourth-order valence-electron chi connectivity index (χ4n) is 3.05. The van der Waals surface area contributed by atoms with E-state index in [0.717, 1.165) is 24.7 Å². The van der Waals surface area contributed by atoms with E-state index in [2.05, 4.69) is 4.90 Å². The van der Waals surface area contributed by atoms with Crippen molar-refractivity contribution in [3.63, 3.8) is 0 Å². The first kappa shape index (κ1) is 20.0. The minimum absolute atomic E-state index is 0.0498. The molecule has 2 aromatic carbocycles. The molecule has 1 aliphatic rings. The maximum atomic E-state index is 12.4. The van der Waals surface area contributed by atoms with Gasteiger partial charge in [-0.3, -0.25) is 9.69 Å². The molecular weight excluding hydrogens is 387 g/mol. The predicted molar refractivity (Wildman–Crippen MR) is 106 cm³/mol. The van der Waals surface area contributed by atoms with E-state index < -0.39 is 0 Å². The zero-order valence-corrected chi connectivity index (χ0v) is 16.4. The van der Waals surface area contributed by atoms with Crippen LogP contribution in [0.25, 0.3) is 0 Å². The zero-order valence-electron chi connectivity index (χ0n) is 14.9. The molecule has 0 bridgehead atoms. The first-order chi connectivity index (χ1) is 13.0. The number of benzene rings is 2. The average molecular weight is 409 g/mol. The Morgan fingerprint density at radius 2 is 1.67 bits per heavy atom. The minimum atomic E-state index is -0.187. The summed E-state index contributed by atoms with van der Waals surface area (Å²) in [5, 5.41) is 10.6. The number of ether oxygens (including phenoxy) is 1. The van der Waals surface area contributed by atoms with Gasteiger partial charge in [0.05, 0.1) is 6.61 Å². The normalized spacial score (nSPS) is 15.0.